The molecule has 1 atom stereocenters. The molecule has 1 fully saturated rings. The number of nitrogens with one attached hydrogen (secondary N) is 1. The lowest BCUT2D eigenvalue weighted by molar-refractivity contribution is 0.0527. The van der Waals surface area contributed by atoms with Gasteiger partial charge in [0, 0.05) is 38.7 Å². The van der Waals surface area contributed by atoms with Crippen molar-refractivity contribution in [3.05, 3.63) is 29.3 Å². The Morgan fingerprint density at radius 3 is 2.76 bits per heavy atom. The van der Waals surface area contributed by atoms with Gasteiger partial charge in [-0.15, -0.1) is 0 Å². The van der Waals surface area contributed by atoms with Crippen LogP contribution < -0.4 is 9.64 Å². The molecular formula is C17H24N6O2. The van der Waals surface area contributed by atoms with Crippen molar-refractivity contribution >= 4 is 11.7 Å². The highest BCUT2D eigenvalue weighted by molar-refractivity contribution is 5.96. The normalized spacial score (nSPS) is 17.4. The first-order valence-corrected chi connectivity index (χ1v) is 8.43. The summed E-state index contributed by atoms with van der Waals surface area (Å²) in [5.74, 6) is 1.19. The third-order valence-electron chi connectivity index (χ3n) is 4.36. The van der Waals surface area contributed by atoms with E-state index in [1.54, 1.807) is 12.4 Å². The minimum atomic E-state index is -0.0967. The lowest BCUT2D eigenvalue weighted by Crippen LogP contribution is -2.44. The van der Waals surface area contributed by atoms with Crippen LogP contribution in [0.1, 0.15) is 34.6 Å². The second kappa shape index (κ2) is 7.08. The van der Waals surface area contributed by atoms with Crippen molar-refractivity contribution in [2.24, 2.45) is 0 Å². The standard InChI is InChI=1S/C17H24N6O2/c1-11-14(12(2)21-20-11)17(24)23-9-5-6-13(10-23)25-16-15(22(3)4)18-7-8-19-16/h7-8,13H,5-6,9-10H2,1-4H3,(H,20,21)/t13-/m1/s1. The van der Waals surface area contributed by atoms with Gasteiger partial charge in [-0.25, -0.2) is 9.97 Å². The molecule has 3 rings (SSSR count). The van der Waals surface area contributed by atoms with Crippen molar-refractivity contribution < 1.29 is 9.53 Å². The largest absolute Gasteiger partial charge is 0.470 e. The van der Waals surface area contributed by atoms with Crippen LogP contribution in [0.2, 0.25) is 0 Å². The van der Waals surface area contributed by atoms with E-state index in [1.807, 2.05) is 37.7 Å². The number of rotatable bonds is 4. The summed E-state index contributed by atoms with van der Waals surface area (Å²) in [6.07, 6.45) is 4.94. The summed E-state index contributed by atoms with van der Waals surface area (Å²) >= 11 is 0. The van der Waals surface area contributed by atoms with Crippen LogP contribution in [0.4, 0.5) is 5.82 Å². The molecule has 0 saturated carbocycles. The number of carbonyl (C=O) groups excluding carboxylic acids is 1. The fourth-order valence-electron chi connectivity index (χ4n) is 3.11. The molecule has 2 aromatic rings. The Balaban J connectivity index is 1.73. The molecule has 0 spiro atoms. The average molecular weight is 344 g/mol. The number of piperidine rings is 1. The maximum absolute atomic E-state index is 12.8. The topological polar surface area (TPSA) is 87.2 Å². The van der Waals surface area contributed by atoms with Crippen molar-refractivity contribution in [2.45, 2.75) is 32.8 Å². The zero-order valence-electron chi connectivity index (χ0n) is 15.1. The fourth-order valence-corrected chi connectivity index (χ4v) is 3.11. The van der Waals surface area contributed by atoms with Crippen LogP contribution in [-0.2, 0) is 0 Å². The predicted molar refractivity (Wildman–Crippen MR) is 94.0 cm³/mol. The molecule has 1 N–H and O–H groups in total. The van der Waals surface area contributed by atoms with Gasteiger partial charge in [0.15, 0.2) is 5.82 Å². The van der Waals surface area contributed by atoms with Gasteiger partial charge in [-0.05, 0) is 26.7 Å². The molecule has 0 radical (unpaired) electrons. The number of aromatic amines is 1. The molecule has 1 saturated heterocycles. The van der Waals surface area contributed by atoms with Gasteiger partial charge in [0.25, 0.3) is 11.8 Å². The Labute approximate surface area is 147 Å². The van der Waals surface area contributed by atoms with Crippen LogP contribution in [0.25, 0.3) is 0 Å². The van der Waals surface area contributed by atoms with Crippen molar-refractivity contribution in [2.75, 3.05) is 32.1 Å². The summed E-state index contributed by atoms with van der Waals surface area (Å²) in [6, 6.07) is 0. The number of H-pyrrole nitrogens is 1. The Morgan fingerprint density at radius 1 is 1.32 bits per heavy atom. The first-order chi connectivity index (χ1) is 12.0. The minimum Gasteiger partial charge on any atom is -0.470 e. The van der Waals surface area contributed by atoms with E-state index in [9.17, 15) is 4.79 Å². The molecule has 2 aromatic heterocycles. The first kappa shape index (κ1) is 17.2. The number of hydrogen-bond acceptors (Lipinski definition) is 6. The van der Waals surface area contributed by atoms with Crippen LogP contribution >= 0.6 is 0 Å². The Morgan fingerprint density at radius 2 is 2.08 bits per heavy atom. The summed E-state index contributed by atoms with van der Waals surface area (Å²) in [6.45, 7) is 4.97. The summed E-state index contributed by atoms with van der Waals surface area (Å²) in [7, 11) is 3.80. The maximum Gasteiger partial charge on any atom is 0.257 e. The highest BCUT2D eigenvalue weighted by Crippen LogP contribution is 2.25. The van der Waals surface area contributed by atoms with Gasteiger partial charge >= 0.3 is 0 Å². The Kier molecular flexibility index (Phi) is 4.87. The van der Waals surface area contributed by atoms with Crippen LogP contribution in [-0.4, -0.2) is 64.3 Å². The monoisotopic (exact) mass is 344 g/mol. The molecule has 0 aliphatic carbocycles. The molecule has 0 bridgehead atoms. The molecule has 8 nitrogen and oxygen atoms in total. The first-order valence-electron chi connectivity index (χ1n) is 8.43. The number of ether oxygens (including phenoxy) is 1. The Hall–Kier alpha value is -2.64. The summed E-state index contributed by atoms with van der Waals surface area (Å²) in [5.41, 5.74) is 2.19. The third-order valence-corrected chi connectivity index (χ3v) is 4.36. The molecule has 25 heavy (non-hydrogen) atoms. The summed E-state index contributed by atoms with van der Waals surface area (Å²) in [5, 5.41) is 7.00. The highest BCUT2D eigenvalue weighted by atomic mass is 16.5. The zero-order valence-corrected chi connectivity index (χ0v) is 15.1. The second-order valence-corrected chi connectivity index (χ2v) is 6.52. The quantitative estimate of drug-likeness (QED) is 0.906. The number of anilines is 1. The van der Waals surface area contributed by atoms with Crippen LogP contribution in [0.5, 0.6) is 5.88 Å². The van der Waals surface area contributed by atoms with E-state index >= 15 is 0 Å². The summed E-state index contributed by atoms with van der Waals surface area (Å²) < 4.78 is 6.07. The van der Waals surface area contributed by atoms with Gasteiger partial charge in [0.05, 0.1) is 17.8 Å². The van der Waals surface area contributed by atoms with Crippen molar-refractivity contribution in [1.29, 1.82) is 0 Å². The van der Waals surface area contributed by atoms with Crippen molar-refractivity contribution in [1.82, 2.24) is 25.1 Å². The molecule has 0 unspecified atom stereocenters. The number of carbonyl (C=O) groups is 1. The molecular weight excluding hydrogens is 320 g/mol. The van der Waals surface area contributed by atoms with Crippen molar-refractivity contribution in [3.63, 3.8) is 0 Å². The lowest BCUT2D eigenvalue weighted by atomic mass is 10.1. The molecule has 134 valence electrons. The number of likely N-dealkylation sites (tertiary alicyclic amines) is 1. The van der Waals surface area contributed by atoms with E-state index < -0.39 is 0 Å². The lowest BCUT2D eigenvalue weighted by Gasteiger charge is -2.33. The Bertz CT molecular complexity index is 738. The van der Waals surface area contributed by atoms with E-state index in [0.717, 1.165) is 30.8 Å². The minimum absolute atomic E-state index is 0.00373. The number of amides is 1. The van der Waals surface area contributed by atoms with E-state index in [1.165, 1.54) is 0 Å². The van der Waals surface area contributed by atoms with Gasteiger partial charge in [0.2, 0.25) is 0 Å². The molecule has 1 aliphatic heterocycles. The fraction of sp³-hybridized carbons (Fsp3) is 0.529. The van der Waals surface area contributed by atoms with E-state index in [4.69, 9.17) is 4.74 Å². The van der Waals surface area contributed by atoms with Gasteiger partial charge in [-0.2, -0.15) is 5.10 Å². The zero-order chi connectivity index (χ0) is 18.0. The second-order valence-electron chi connectivity index (χ2n) is 6.52. The van der Waals surface area contributed by atoms with Crippen molar-refractivity contribution in [3.8, 4) is 5.88 Å². The van der Waals surface area contributed by atoms with E-state index in [0.29, 0.717) is 23.8 Å². The number of aryl methyl sites for hydroxylation is 2. The van der Waals surface area contributed by atoms with Gasteiger partial charge in [-0.3, -0.25) is 9.89 Å². The highest BCUT2D eigenvalue weighted by Gasteiger charge is 2.29. The SMILES string of the molecule is Cc1n[nH]c(C)c1C(=O)N1CCC[C@@H](Oc2nccnc2N(C)C)C1. The number of aromatic nitrogens is 4. The third kappa shape index (κ3) is 3.57. The van der Waals surface area contributed by atoms with E-state index in [2.05, 4.69) is 20.2 Å². The van der Waals surface area contributed by atoms with Crippen LogP contribution in [0, 0.1) is 13.8 Å². The molecule has 0 aromatic carbocycles. The molecule has 8 heteroatoms. The summed E-state index contributed by atoms with van der Waals surface area (Å²) in [4.78, 5) is 25.2. The van der Waals surface area contributed by atoms with E-state index in [-0.39, 0.29) is 12.0 Å². The number of nitrogens with zero attached hydrogens (tertiary/aromatic N) is 5. The smallest absolute Gasteiger partial charge is 0.257 e. The maximum atomic E-state index is 12.8. The van der Waals surface area contributed by atoms with Gasteiger partial charge < -0.3 is 14.5 Å². The number of hydrogen-bond donors (Lipinski definition) is 1. The predicted octanol–water partition coefficient (Wildman–Crippen LogP) is 1.57. The van der Waals surface area contributed by atoms with Crippen LogP contribution in [0.15, 0.2) is 12.4 Å². The van der Waals surface area contributed by atoms with Gasteiger partial charge in [-0.1, -0.05) is 0 Å². The molecule has 1 aliphatic rings. The van der Waals surface area contributed by atoms with Gasteiger partial charge in [0.1, 0.15) is 6.10 Å². The average Bonchev–Trinajstić information content (AvgIpc) is 2.93. The van der Waals surface area contributed by atoms with Crippen LogP contribution in [0.3, 0.4) is 0 Å². The molecule has 1 amide bonds. The molecule has 3 heterocycles.